The first-order valence-corrected chi connectivity index (χ1v) is 8.09. The van der Waals surface area contributed by atoms with Crippen LogP contribution in [0, 0.1) is 11.8 Å². The molecular formula is C17H33NO2. The number of nitrogens with zero attached hydrogens (tertiary/aromatic N) is 1. The molecular weight excluding hydrogens is 250 g/mol. The molecule has 0 rings (SSSR count). The van der Waals surface area contributed by atoms with Gasteiger partial charge in [-0.2, -0.15) is 0 Å². The smallest absolute Gasteiger partial charge is 0.125 e. The molecule has 3 nitrogen and oxygen atoms in total. The lowest BCUT2D eigenvalue weighted by atomic mass is 10.0. The van der Waals surface area contributed by atoms with Gasteiger partial charge in [-0.05, 0) is 39.3 Å². The molecule has 20 heavy (non-hydrogen) atoms. The Morgan fingerprint density at radius 2 is 1.70 bits per heavy atom. The van der Waals surface area contributed by atoms with Crippen molar-refractivity contribution in [3.05, 3.63) is 0 Å². The van der Waals surface area contributed by atoms with E-state index >= 15 is 0 Å². The van der Waals surface area contributed by atoms with Gasteiger partial charge in [0.05, 0.1) is 19.8 Å². The fraction of sp³-hybridized carbons (Fsp3) is 0.882. The third kappa shape index (κ3) is 9.36. The topological polar surface area (TPSA) is 32.7 Å². The first-order chi connectivity index (χ1) is 9.61. The molecule has 0 radical (unpaired) electrons. The Balaban J connectivity index is 4.37. The second-order valence-corrected chi connectivity index (χ2v) is 5.44. The molecule has 0 aromatic heterocycles. The summed E-state index contributed by atoms with van der Waals surface area (Å²) >= 11 is 0. The predicted molar refractivity (Wildman–Crippen MR) is 85.8 cm³/mol. The molecule has 0 unspecified atom stereocenters. The van der Waals surface area contributed by atoms with Crippen molar-refractivity contribution in [1.82, 2.24) is 4.90 Å². The Kier molecular flexibility index (Phi) is 11.9. The lowest BCUT2D eigenvalue weighted by molar-refractivity contribution is -0.00823. The van der Waals surface area contributed by atoms with E-state index < -0.39 is 5.60 Å². The molecule has 1 atom stereocenters. The maximum absolute atomic E-state index is 8.85. The summed E-state index contributed by atoms with van der Waals surface area (Å²) in [7, 11) is 0. The van der Waals surface area contributed by atoms with Crippen LogP contribution >= 0.6 is 0 Å². The Labute approximate surface area is 125 Å². The molecule has 0 fully saturated rings. The molecule has 0 saturated heterocycles. The average Bonchev–Trinajstić information content (AvgIpc) is 2.47. The number of hydrogen-bond acceptors (Lipinski definition) is 3. The van der Waals surface area contributed by atoms with Crippen molar-refractivity contribution in [2.75, 3.05) is 32.8 Å². The van der Waals surface area contributed by atoms with Crippen LogP contribution in [0.15, 0.2) is 0 Å². The fourth-order valence-electron chi connectivity index (χ4n) is 1.87. The summed E-state index contributed by atoms with van der Waals surface area (Å²) in [5.41, 5.74) is -0.427. The molecule has 0 aliphatic heterocycles. The molecule has 0 amide bonds. The summed E-state index contributed by atoms with van der Waals surface area (Å²) in [6.45, 7) is 12.0. The number of aliphatic hydroxyl groups is 1. The van der Waals surface area contributed by atoms with Crippen molar-refractivity contribution in [3.8, 4) is 11.8 Å². The second-order valence-electron chi connectivity index (χ2n) is 5.44. The van der Waals surface area contributed by atoms with Gasteiger partial charge in [-0.25, -0.2) is 0 Å². The van der Waals surface area contributed by atoms with E-state index in [1.807, 2.05) is 6.92 Å². The van der Waals surface area contributed by atoms with Crippen molar-refractivity contribution in [1.29, 1.82) is 0 Å². The molecule has 0 aromatic rings. The Morgan fingerprint density at radius 3 is 2.15 bits per heavy atom. The van der Waals surface area contributed by atoms with Crippen LogP contribution < -0.4 is 0 Å². The first kappa shape index (κ1) is 19.4. The number of ether oxygens (including phenoxy) is 1. The van der Waals surface area contributed by atoms with E-state index in [1.165, 1.54) is 25.7 Å². The van der Waals surface area contributed by atoms with Crippen molar-refractivity contribution < 1.29 is 9.84 Å². The van der Waals surface area contributed by atoms with Crippen LogP contribution in [-0.2, 0) is 4.74 Å². The van der Waals surface area contributed by atoms with Gasteiger partial charge in [0.1, 0.15) is 5.60 Å². The largest absolute Gasteiger partial charge is 0.394 e. The Morgan fingerprint density at radius 1 is 1.10 bits per heavy atom. The van der Waals surface area contributed by atoms with E-state index in [4.69, 9.17) is 9.84 Å². The van der Waals surface area contributed by atoms with Crippen molar-refractivity contribution in [3.63, 3.8) is 0 Å². The fourth-order valence-corrected chi connectivity index (χ4v) is 1.87. The minimum atomic E-state index is -0.427. The summed E-state index contributed by atoms with van der Waals surface area (Å²) in [5, 5.41) is 8.85. The second kappa shape index (κ2) is 12.2. The average molecular weight is 283 g/mol. The molecule has 0 aliphatic rings. The summed E-state index contributed by atoms with van der Waals surface area (Å²) in [4.78, 5) is 2.43. The van der Waals surface area contributed by atoms with Crippen LogP contribution in [0.1, 0.15) is 59.8 Å². The maximum atomic E-state index is 8.85. The van der Waals surface area contributed by atoms with Gasteiger partial charge in [-0.15, -0.1) is 0 Å². The normalized spacial score (nSPS) is 13.9. The van der Waals surface area contributed by atoms with Gasteiger partial charge in [-0.3, -0.25) is 4.90 Å². The zero-order chi connectivity index (χ0) is 15.3. The van der Waals surface area contributed by atoms with Crippen LogP contribution in [0.25, 0.3) is 0 Å². The summed E-state index contributed by atoms with van der Waals surface area (Å²) in [5.74, 6) is 6.51. The monoisotopic (exact) mass is 283 g/mol. The van der Waals surface area contributed by atoms with E-state index in [0.717, 1.165) is 26.1 Å². The Hall–Kier alpha value is -0.560. The molecule has 1 N–H and O–H groups in total. The molecule has 118 valence electrons. The molecule has 0 spiro atoms. The van der Waals surface area contributed by atoms with Gasteiger partial charge in [0, 0.05) is 0 Å². The van der Waals surface area contributed by atoms with Gasteiger partial charge in [0.25, 0.3) is 0 Å². The zero-order valence-corrected chi connectivity index (χ0v) is 13.9. The van der Waals surface area contributed by atoms with Gasteiger partial charge in [-0.1, -0.05) is 45.5 Å². The lowest BCUT2D eigenvalue weighted by Crippen LogP contribution is -2.29. The van der Waals surface area contributed by atoms with Crippen molar-refractivity contribution >= 4 is 0 Å². The highest BCUT2D eigenvalue weighted by Gasteiger charge is 2.18. The highest BCUT2D eigenvalue weighted by atomic mass is 16.5. The molecule has 0 heterocycles. The van der Waals surface area contributed by atoms with Gasteiger partial charge in [0.2, 0.25) is 0 Å². The molecule has 0 aliphatic carbocycles. The third-order valence-corrected chi connectivity index (χ3v) is 3.50. The van der Waals surface area contributed by atoms with E-state index in [-0.39, 0.29) is 6.61 Å². The molecule has 0 aromatic carbocycles. The first-order valence-electron chi connectivity index (χ1n) is 8.09. The standard InChI is InChI=1S/C17H33NO2/c1-5-8-12-18(13-9-6-2)14-10-11-17(4,7-3)20-16-15-19/h19H,5-9,12-16H2,1-4H3/t17-/m0/s1. The highest BCUT2D eigenvalue weighted by molar-refractivity contribution is 5.13. The van der Waals surface area contributed by atoms with Crippen LogP contribution in [0.4, 0.5) is 0 Å². The van der Waals surface area contributed by atoms with Crippen molar-refractivity contribution in [2.24, 2.45) is 0 Å². The van der Waals surface area contributed by atoms with E-state index in [2.05, 4.69) is 37.5 Å². The summed E-state index contributed by atoms with van der Waals surface area (Å²) < 4.78 is 5.63. The summed E-state index contributed by atoms with van der Waals surface area (Å²) in [6, 6.07) is 0. The minimum Gasteiger partial charge on any atom is -0.394 e. The van der Waals surface area contributed by atoms with E-state index in [0.29, 0.717) is 6.61 Å². The van der Waals surface area contributed by atoms with Crippen LogP contribution in [0.2, 0.25) is 0 Å². The maximum Gasteiger partial charge on any atom is 0.125 e. The Bertz CT molecular complexity index is 274. The molecule has 0 bridgehead atoms. The molecule has 0 saturated carbocycles. The highest BCUT2D eigenvalue weighted by Crippen LogP contribution is 2.13. The minimum absolute atomic E-state index is 0.0520. The number of unbranched alkanes of at least 4 members (excludes halogenated alkanes) is 2. The van der Waals surface area contributed by atoms with Gasteiger partial charge < -0.3 is 9.84 Å². The van der Waals surface area contributed by atoms with Crippen LogP contribution in [0.5, 0.6) is 0 Å². The van der Waals surface area contributed by atoms with Crippen LogP contribution in [0.3, 0.4) is 0 Å². The SMILES string of the molecule is CCCCN(CC#C[C@](C)(CC)OCCO)CCCC. The quantitative estimate of drug-likeness (QED) is 0.592. The third-order valence-electron chi connectivity index (χ3n) is 3.50. The van der Waals surface area contributed by atoms with E-state index in [1.54, 1.807) is 0 Å². The number of hydrogen-bond donors (Lipinski definition) is 1. The van der Waals surface area contributed by atoms with Gasteiger partial charge >= 0.3 is 0 Å². The van der Waals surface area contributed by atoms with Gasteiger partial charge in [0.15, 0.2) is 0 Å². The zero-order valence-electron chi connectivity index (χ0n) is 13.9. The van der Waals surface area contributed by atoms with Crippen molar-refractivity contribution in [2.45, 2.75) is 65.4 Å². The van der Waals surface area contributed by atoms with E-state index in [9.17, 15) is 0 Å². The number of aliphatic hydroxyl groups excluding tert-OH is 1. The lowest BCUT2D eigenvalue weighted by Gasteiger charge is -2.23. The number of rotatable bonds is 11. The van der Waals surface area contributed by atoms with Crippen LogP contribution in [-0.4, -0.2) is 48.5 Å². The predicted octanol–water partition coefficient (Wildman–Crippen LogP) is 3.07. The molecule has 3 heteroatoms. The summed E-state index contributed by atoms with van der Waals surface area (Å²) in [6.07, 6.45) is 5.75.